The number of benzene rings is 2. The Morgan fingerprint density at radius 2 is 1.42 bits per heavy atom. The van der Waals surface area contributed by atoms with Crippen LogP contribution in [0.25, 0.3) is 0 Å². The highest BCUT2D eigenvalue weighted by Gasteiger charge is 2.24. The van der Waals surface area contributed by atoms with Crippen molar-refractivity contribution in [2.45, 2.75) is 58.7 Å². The molecule has 0 saturated heterocycles. The number of hydrogen-bond acceptors (Lipinski definition) is 4. The zero-order valence-corrected chi connectivity index (χ0v) is 16.3. The molecule has 0 aromatic heterocycles. The lowest BCUT2D eigenvalue weighted by Crippen LogP contribution is -2.21. The Labute approximate surface area is 155 Å². The minimum atomic E-state index is -1.13. The summed E-state index contributed by atoms with van der Waals surface area (Å²) in [4.78, 5) is 12.7. The fourth-order valence-electron chi connectivity index (χ4n) is 2.71. The van der Waals surface area contributed by atoms with Gasteiger partial charge in [0.05, 0.1) is 16.8 Å². The Morgan fingerprint density at radius 1 is 0.923 bits per heavy atom. The molecule has 4 heteroatoms. The first-order chi connectivity index (χ1) is 11.9. The van der Waals surface area contributed by atoms with Crippen LogP contribution >= 0.6 is 0 Å². The molecule has 0 saturated carbocycles. The summed E-state index contributed by atoms with van der Waals surface area (Å²) in [5, 5.41) is 20.7. The average molecular weight is 356 g/mol. The Bertz CT molecular complexity index is 760. The summed E-state index contributed by atoms with van der Waals surface area (Å²) < 4.78 is 5.60. The summed E-state index contributed by atoms with van der Waals surface area (Å²) in [5.41, 5.74) is 0.310. The van der Waals surface area contributed by atoms with E-state index in [9.17, 15) is 15.0 Å². The van der Waals surface area contributed by atoms with E-state index >= 15 is 0 Å². The first-order valence-corrected chi connectivity index (χ1v) is 8.81. The maximum absolute atomic E-state index is 12.7. The molecule has 0 aliphatic carbocycles. The molecule has 2 rings (SSSR count). The maximum atomic E-state index is 12.7. The van der Waals surface area contributed by atoms with Gasteiger partial charge in [-0.3, -0.25) is 0 Å². The van der Waals surface area contributed by atoms with Crippen LogP contribution in [-0.2, 0) is 11.2 Å². The van der Waals surface area contributed by atoms with Crippen LogP contribution in [0, 0.1) is 0 Å². The molecule has 0 heterocycles. The molecule has 0 aliphatic heterocycles. The van der Waals surface area contributed by atoms with Gasteiger partial charge in [0.15, 0.2) is 0 Å². The smallest absolute Gasteiger partial charge is 0.343 e. The van der Waals surface area contributed by atoms with Crippen LogP contribution in [0.15, 0.2) is 42.5 Å². The third-order valence-electron chi connectivity index (χ3n) is 4.33. The Morgan fingerprint density at radius 3 is 1.88 bits per heavy atom. The molecule has 0 fully saturated rings. The van der Waals surface area contributed by atoms with Crippen molar-refractivity contribution in [1.82, 2.24) is 0 Å². The third-order valence-corrected chi connectivity index (χ3v) is 4.33. The normalized spacial score (nSPS) is 12.3. The highest BCUT2D eigenvalue weighted by molar-refractivity contribution is 5.92. The van der Waals surface area contributed by atoms with Crippen molar-refractivity contribution in [3.8, 4) is 5.75 Å². The lowest BCUT2D eigenvalue weighted by atomic mass is 9.90. The van der Waals surface area contributed by atoms with E-state index in [0.717, 1.165) is 5.56 Å². The number of esters is 1. The van der Waals surface area contributed by atoms with Crippen molar-refractivity contribution in [1.29, 1.82) is 0 Å². The Kier molecular flexibility index (Phi) is 5.59. The van der Waals surface area contributed by atoms with Gasteiger partial charge in [0.25, 0.3) is 0 Å². The molecule has 0 radical (unpaired) electrons. The zero-order chi connectivity index (χ0) is 19.7. The molecule has 2 aromatic carbocycles. The van der Waals surface area contributed by atoms with Gasteiger partial charge in [-0.15, -0.1) is 0 Å². The lowest BCUT2D eigenvalue weighted by molar-refractivity contribution is 0.0672. The highest BCUT2D eigenvalue weighted by atomic mass is 16.5. The van der Waals surface area contributed by atoms with E-state index in [1.54, 1.807) is 58.0 Å². The molecule has 140 valence electrons. The van der Waals surface area contributed by atoms with Gasteiger partial charge in [-0.1, -0.05) is 32.0 Å². The Hall–Kier alpha value is -2.17. The van der Waals surface area contributed by atoms with Crippen LogP contribution in [0.4, 0.5) is 0 Å². The van der Waals surface area contributed by atoms with Gasteiger partial charge in [0.2, 0.25) is 0 Å². The summed E-state index contributed by atoms with van der Waals surface area (Å²) in [7, 11) is 0. The molecule has 0 spiro atoms. The molecule has 0 atom stereocenters. The summed E-state index contributed by atoms with van der Waals surface area (Å²) in [6.07, 6.45) is 0. The van der Waals surface area contributed by atoms with Crippen molar-refractivity contribution in [2.24, 2.45) is 0 Å². The second kappa shape index (κ2) is 7.22. The van der Waals surface area contributed by atoms with Crippen molar-refractivity contribution in [2.75, 3.05) is 0 Å². The fourth-order valence-corrected chi connectivity index (χ4v) is 2.71. The molecule has 0 unspecified atom stereocenters. The second-order valence-corrected chi connectivity index (χ2v) is 8.00. The molecule has 0 bridgehead atoms. The quantitative estimate of drug-likeness (QED) is 0.612. The SMILES string of the molecule is CC(C)c1ccccc1C(=O)Oc1cc(C(C)(C)O)cc(C(C)(C)O)c1. The van der Waals surface area contributed by atoms with Gasteiger partial charge >= 0.3 is 5.97 Å². The van der Waals surface area contributed by atoms with Crippen LogP contribution < -0.4 is 4.74 Å². The monoisotopic (exact) mass is 356 g/mol. The second-order valence-electron chi connectivity index (χ2n) is 8.00. The number of carbonyl (C=O) groups excluding carboxylic acids is 1. The topological polar surface area (TPSA) is 66.8 Å². The van der Waals surface area contributed by atoms with Gasteiger partial charge in [-0.05, 0) is 74.6 Å². The van der Waals surface area contributed by atoms with Gasteiger partial charge in [0, 0.05) is 0 Å². The molecule has 2 aromatic rings. The first-order valence-electron chi connectivity index (χ1n) is 8.81. The molecule has 4 nitrogen and oxygen atoms in total. The standard InChI is InChI=1S/C22H28O4/c1-14(2)18-9-7-8-10-19(18)20(23)26-17-12-15(21(3,4)24)11-16(13-17)22(5,6)25/h7-14,24-25H,1-6H3. The number of aliphatic hydroxyl groups is 2. The van der Waals surface area contributed by atoms with Gasteiger partial charge < -0.3 is 14.9 Å². The van der Waals surface area contributed by atoms with E-state index in [2.05, 4.69) is 0 Å². The van der Waals surface area contributed by atoms with Crippen molar-refractivity contribution >= 4 is 5.97 Å². The fraction of sp³-hybridized carbons (Fsp3) is 0.409. The van der Waals surface area contributed by atoms with Crippen molar-refractivity contribution in [3.63, 3.8) is 0 Å². The molecule has 0 amide bonds. The maximum Gasteiger partial charge on any atom is 0.343 e. The average Bonchev–Trinajstić information content (AvgIpc) is 2.52. The predicted octanol–water partition coefficient (Wildman–Crippen LogP) is 4.48. The van der Waals surface area contributed by atoms with E-state index in [1.807, 2.05) is 26.0 Å². The molecule has 26 heavy (non-hydrogen) atoms. The number of ether oxygens (including phenoxy) is 1. The molecular formula is C22H28O4. The highest BCUT2D eigenvalue weighted by Crippen LogP contribution is 2.31. The summed E-state index contributed by atoms with van der Waals surface area (Å²) >= 11 is 0. The van der Waals surface area contributed by atoms with E-state index in [-0.39, 0.29) is 5.92 Å². The minimum absolute atomic E-state index is 0.188. The minimum Gasteiger partial charge on any atom is -0.423 e. The van der Waals surface area contributed by atoms with Crippen LogP contribution in [0.5, 0.6) is 5.75 Å². The Balaban J connectivity index is 2.45. The van der Waals surface area contributed by atoms with Crippen molar-refractivity contribution < 1.29 is 19.7 Å². The number of hydrogen-bond donors (Lipinski definition) is 2. The van der Waals surface area contributed by atoms with E-state index in [1.165, 1.54) is 0 Å². The van der Waals surface area contributed by atoms with Crippen LogP contribution in [0.3, 0.4) is 0 Å². The summed E-state index contributed by atoms with van der Waals surface area (Å²) in [6.45, 7) is 10.6. The molecular weight excluding hydrogens is 328 g/mol. The van der Waals surface area contributed by atoms with Crippen LogP contribution in [0.1, 0.15) is 74.5 Å². The van der Waals surface area contributed by atoms with Gasteiger partial charge in [0.1, 0.15) is 5.75 Å². The van der Waals surface area contributed by atoms with E-state index in [0.29, 0.717) is 22.4 Å². The first kappa shape index (κ1) is 20.1. The number of carbonyl (C=O) groups is 1. The molecule has 2 N–H and O–H groups in total. The van der Waals surface area contributed by atoms with Crippen molar-refractivity contribution in [3.05, 3.63) is 64.7 Å². The largest absolute Gasteiger partial charge is 0.423 e. The third kappa shape index (κ3) is 4.71. The van der Waals surface area contributed by atoms with Crippen LogP contribution in [-0.4, -0.2) is 16.2 Å². The van der Waals surface area contributed by atoms with E-state index in [4.69, 9.17) is 4.74 Å². The van der Waals surface area contributed by atoms with Gasteiger partial charge in [-0.2, -0.15) is 0 Å². The summed E-state index contributed by atoms with van der Waals surface area (Å²) in [6, 6.07) is 12.3. The number of rotatable bonds is 5. The van der Waals surface area contributed by atoms with Gasteiger partial charge in [-0.25, -0.2) is 4.79 Å². The molecule has 0 aliphatic rings. The lowest BCUT2D eigenvalue weighted by Gasteiger charge is -2.24. The summed E-state index contributed by atoms with van der Waals surface area (Å²) in [5.74, 6) is 0.0302. The van der Waals surface area contributed by atoms with E-state index < -0.39 is 17.2 Å². The zero-order valence-electron chi connectivity index (χ0n) is 16.3. The predicted molar refractivity (Wildman–Crippen MR) is 102 cm³/mol. The van der Waals surface area contributed by atoms with Crippen LogP contribution in [0.2, 0.25) is 0 Å².